The van der Waals surface area contributed by atoms with Crippen LogP contribution in [0.25, 0.3) is 0 Å². The summed E-state index contributed by atoms with van der Waals surface area (Å²) in [5, 5.41) is 0. The zero-order chi connectivity index (χ0) is 13.4. The van der Waals surface area contributed by atoms with Gasteiger partial charge in [-0.15, -0.1) is 0 Å². The first-order valence-corrected chi connectivity index (χ1v) is 6.61. The maximum Gasteiger partial charge on any atom is 0.187 e. The van der Waals surface area contributed by atoms with E-state index in [4.69, 9.17) is 0 Å². The van der Waals surface area contributed by atoms with Gasteiger partial charge in [0, 0.05) is 31.9 Å². The SMILES string of the molecule is CCCCCc1ccc(C(=O)/C=C/N(C)C)cc1. The standard InChI is InChI=1S/C16H23NO/c1-4-5-6-7-14-8-10-15(11-9-14)16(18)12-13-17(2)3/h8-13H,4-7H2,1-3H3/b13-12+. The fourth-order valence-electron chi connectivity index (χ4n) is 1.73. The van der Waals surface area contributed by atoms with Crippen LogP contribution in [0.5, 0.6) is 0 Å². The number of hydrogen-bond donors (Lipinski definition) is 0. The topological polar surface area (TPSA) is 20.3 Å². The predicted molar refractivity (Wildman–Crippen MR) is 76.8 cm³/mol. The Bertz CT molecular complexity index is 390. The van der Waals surface area contributed by atoms with Gasteiger partial charge in [-0.1, -0.05) is 44.0 Å². The van der Waals surface area contributed by atoms with Crippen LogP contribution in [0, 0.1) is 0 Å². The minimum absolute atomic E-state index is 0.0591. The molecule has 1 rings (SSSR count). The number of rotatable bonds is 7. The van der Waals surface area contributed by atoms with E-state index in [1.165, 1.54) is 24.8 Å². The van der Waals surface area contributed by atoms with Crippen LogP contribution in [0.15, 0.2) is 36.5 Å². The van der Waals surface area contributed by atoms with E-state index in [1.54, 1.807) is 12.3 Å². The Morgan fingerprint density at radius 3 is 2.39 bits per heavy atom. The maximum absolute atomic E-state index is 11.8. The molecule has 0 aliphatic carbocycles. The first-order chi connectivity index (χ1) is 8.63. The van der Waals surface area contributed by atoms with E-state index in [1.807, 2.05) is 31.1 Å². The number of benzene rings is 1. The lowest BCUT2D eigenvalue weighted by Gasteiger charge is -2.04. The maximum atomic E-state index is 11.8. The summed E-state index contributed by atoms with van der Waals surface area (Å²) in [6, 6.07) is 7.96. The highest BCUT2D eigenvalue weighted by Gasteiger charge is 2.01. The van der Waals surface area contributed by atoms with E-state index in [-0.39, 0.29) is 5.78 Å². The number of hydrogen-bond acceptors (Lipinski definition) is 2. The van der Waals surface area contributed by atoms with E-state index in [2.05, 4.69) is 19.1 Å². The van der Waals surface area contributed by atoms with Crippen LogP contribution in [0.1, 0.15) is 42.1 Å². The van der Waals surface area contributed by atoms with Gasteiger partial charge in [-0.25, -0.2) is 0 Å². The Balaban J connectivity index is 2.56. The van der Waals surface area contributed by atoms with Crippen LogP contribution in [-0.4, -0.2) is 24.8 Å². The lowest BCUT2D eigenvalue weighted by molar-refractivity contribution is 0.104. The van der Waals surface area contributed by atoms with Crippen molar-refractivity contribution in [1.29, 1.82) is 0 Å². The van der Waals surface area contributed by atoms with Gasteiger partial charge in [0.1, 0.15) is 0 Å². The number of allylic oxidation sites excluding steroid dienone is 1. The molecule has 0 heterocycles. The molecule has 2 heteroatoms. The highest BCUT2D eigenvalue weighted by Crippen LogP contribution is 2.09. The molecule has 0 atom stereocenters. The predicted octanol–water partition coefficient (Wildman–Crippen LogP) is 3.68. The summed E-state index contributed by atoms with van der Waals surface area (Å²) in [4.78, 5) is 13.7. The van der Waals surface area contributed by atoms with Crippen molar-refractivity contribution >= 4 is 5.78 Å². The second-order valence-electron chi connectivity index (χ2n) is 4.80. The molecule has 0 N–H and O–H groups in total. The molecule has 2 nitrogen and oxygen atoms in total. The molecule has 0 bridgehead atoms. The van der Waals surface area contributed by atoms with Crippen molar-refractivity contribution in [2.24, 2.45) is 0 Å². The molecule has 0 fully saturated rings. The Kier molecular flexibility index (Phi) is 6.20. The number of carbonyl (C=O) groups is 1. The van der Waals surface area contributed by atoms with Crippen LogP contribution < -0.4 is 0 Å². The van der Waals surface area contributed by atoms with Crippen molar-refractivity contribution < 1.29 is 4.79 Å². The second-order valence-corrected chi connectivity index (χ2v) is 4.80. The van der Waals surface area contributed by atoms with Crippen LogP contribution >= 0.6 is 0 Å². The first-order valence-electron chi connectivity index (χ1n) is 6.61. The number of carbonyl (C=O) groups excluding carboxylic acids is 1. The first kappa shape index (κ1) is 14.5. The molecule has 1 aromatic carbocycles. The zero-order valence-electron chi connectivity index (χ0n) is 11.6. The molecule has 0 unspecified atom stereocenters. The lowest BCUT2D eigenvalue weighted by Crippen LogP contribution is -2.03. The highest BCUT2D eigenvalue weighted by molar-refractivity contribution is 6.04. The van der Waals surface area contributed by atoms with Gasteiger partial charge in [-0.05, 0) is 18.4 Å². The molecule has 0 radical (unpaired) electrons. The summed E-state index contributed by atoms with van der Waals surface area (Å²) in [5.74, 6) is 0.0591. The minimum Gasteiger partial charge on any atom is -0.383 e. The van der Waals surface area contributed by atoms with Crippen LogP contribution in [0.2, 0.25) is 0 Å². The van der Waals surface area contributed by atoms with Crippen LogP contribution in [0.4, 0.5) is 0 Å². The van der Waals surface area contributed by atoms with Gasteiger partial charge in [-0.3, -0.25) is 4.79 Å². The Hall–Kier alpha value is -1.57. The van der Waals surface area contributed by atoms with Gasteiger partial charge in [-0.2, -0.15) is 0 Å². The third-order valence-corrected chi connectivity index (χ3v) is 2.83. The number of aryl methyl sites for hydroxylation is 1. The van der Waals surface area contributed by atoms with E-state index in [9.17, 15) is 4.79 Å². The van der Waals surface area contributed by atoms with E-state index < -0.39 is 0 Å². The Morgan fingerprint density at radius 1 is 1.17 bits per heavy atom. The van der Waals surface area contributed by atoms with Crippen molar-refractivity contribution in [1.82, 2.24) is 4.90 Å². The van der Waals surface area contributed by atoms with Gasteiger partial charge in [0.25, 0.3) is 0 Å². The Morgan fingerprint density at radius 2 is 1.83 bits per heavy atom. The molecule has 0 amide bonds. The van der Waals surface area contributed by atoms with Crippen molar-refractivity contribution in [2.45, 2.75) is 32.6 Å². The molecule has 0 aliphatic heterocycles. The molecule has 0 aromatic heterocycles. The van der Waals surface area contributed by atoms with Crippen LogP contribution in [-0.2, 0) is 6.42 Å². The molecule has 0 saturated heterocycles. The summed E-state index contributed by atoms with van der Waals surface area (Å²) >= 11 is 0. The zero-order valence-corrected chi connectivity index (χ0v) is 11.6. The molecule has 98 valence electrons. The minimum atomic E-state index is 0.0591. The molecule has 18 heavy (non-hydrogen) atoms. The summed E-state index contributed by atoms with van der Waals surface area (Å²) in [7, 11) is 3.81. The van der Waals surface area contributed by atoms with E-state index in [0.29, 0.717) is 0 Å². The normalized spacial score (nSPS) is 10.8. The quantitative estimate of drug-likeness (QED) is 0.415. The fourth-order valence-corrected chi connectivity index (χ4v) is 1.73. The molecular formula is C16H23NO. The van der Waals surface area contributed by atoms with Crippen LogP contribution in [0.3, 0.4) is 0 Å². The monoisotopic (exact) mass is 245 g/mol. The van der Waals surface area contributed by atoms with E-state index >= 15 is 0 Å². The van der Waals surface area contributed by atoms with Crippen molar-refractivity contribution in [3.05, 3.63) is 47.7 Å². The van der Waals surface area contributed by atoms with Crippen molar-refractivity contribution in [3.8, 4) is 0 Å². The van der Waals surface area contributed by atoms with Gasteiger partial charge >= 0.3 is 0 Å². The second kappa shape index (κ2) is 7.70. The van der Waals surface area contributed by atoms with Gasteiger partial charge < -0.3 is 4.90 Å². The summed E-state index contributed by atoms with van der Waals surface area (Å²) in [5.41, 5.74) is 2.07. The van der Waals surface area contributed by atoms with E-state index in [0.717, 1.165) is 12.0 Å². The third-order valence-electron chi connectivity index (χ3n) is 2.83. The summed E-state index contributed by atoms with van der Waals surface area (Å²) in [6.45, 7) is 2.21. The molecule has 0 aliphatic rings. The van der Waals surface area contributed by atoms with Gasteiger partial charge in [0.15, 0.2) is 5.78 Å². The summed E-state index contributed by atoms with van der Waals surface area (Å²) in [6.07, 6.45) is 8.22. The summed E-state index contributed by atoms with van der Waals surface area (Å²) < 4.78 is 0. The van der Waals surface area contributed by atoms with Crippen molar-refractivity contribution in [3.63, 3.8) is 0 Å². The molecule has 1 aromatic rings. The van der Waals surface area contributed by atoms with Gasteiger partial charge in [0.2, 0.25) is 0 Å². The molecule has 0 saturated carbocycles. The smallest absolute Gasteiger partial charge is 0.187 e. The third kappa shape index (κ3) is 5.17. The number of ketones is 1. The molecular weight excluding hydrogens is 222 g/mol. The lowest BCUT2D eigenvalue weighted by atomic mass is 10.0. The number of nitrogens with zero attached hydrogens (tertiary/aromatic N) is 1. The average molecular weight is 245 g/mol. The molecule has 0 spiro atoms. The Labute approximate surface area is 110 Å². The number of unbranched alkanes of at least 4 members (excludes halogenated alkanes) is 2. The average Bonchev–Trinajstić information content (AvgIpc) is 2.37. The fraction of sp³-hybridized carbons (Fsp3) is 0.438. The van der Waals surface area contributed by atoms with Gasteiger partial charge in [0.05, 0.1) is 0 Å². The highest BCUT2D eigenvalue weighted by atomic mass is 16.1. The largest absolute Gasteiger partial charge is 0.383 e. The van der Waals surface area contributed by atoms with Crippen molar-refractivity contribution in [2.75, 3.05) is 14.1 Å².